The lowest BCUT2D eigenvalue weighted by Gasteiger charge is -1.99. The zero-order chi connectivity index (χ0) is 9.98. The highest BCUT2D eigenvalue weighted by molar-refractivity contribution is 5.86. The molecular weight excluding hydrogens is 160 g/mol. The van der Waals surface area contributed by atoms with Crippen molar-refractivity contribution in [2.75, 3.05) is 19.8 Å². The summed E-state index contributed by atoms with van der Waals surface area (Å²) < 4.78 is 4.46. The minimum atomic E-state index is -0.455. The highest BCUT2D eigenvalue weighted by Crippen LogP contribution is 1.89. The third-order valence-electron chi connectivity index (χ3n) is 0.673. The average Bonchev–Trinajstić information content (AvgIpc) is 2.01. The minimum absolute atomic E-state index is 0.0473. The van der Waals surface area contributed by atoms with Crippen molar-refractivity contribution in [3.8, 4) is 0 Å². The van der Waals surface area contributed by atoms with E-state index < -0.39 is 5.97 Å². The Hall–Kier alpha value is -0.870. The lowest BCUT2D eigenvalue weighted by Crippen LogP contribution is -2.08. The van der Waals surface area contributed by atoms with Gasteiger partial charge in [-0.2, -0.15) is 0 Å². The molecule has 2 N–H and O–H groups in total. The van der Waals surface area contributed by atoms with Crippen molar-refractivity contribution in [1.29, 1.82) is 0 Å². The van der Waals surface area contributed by atoms with E-state index in [2.05, 4.69) is 11.3 Å². The van der Waals surface area contributed by atoms with Gasteiger partial charge in [0.1, 0.15) is 6.61 Å². The van der Waals surface area contributed by atoms with E-state index in [0.717, 1.165) is 0 Å². The Labute approximate surface area is 72.5 Å². The molecular formula is C8H16O4. The van der Waals surface area contributed by atoms with Crippen LogP contribution in [-0.4, -0.2) is 36.0 Å². The molecule has 0 atom stereocenters. The van der Waals surface area contributed by atoms with E-state index in [1.807, 2.05) is 0 Å². The predicted octanol–water partition coefficient (Wildman–Crippen LogP) is 0.0966. The number of aliphatic hydroxyl groups excluding tert-OH is 2. The van der Waals surface area contributed by atoms with Gasteiger partial charge in [0.05, 0.1) is 6.61 Å². The van der Waals surface area contributed by atoms with Crippen LogP contribution in [0.15, 0.2) is 12.2 Å². The van der Waals surface area contributed by atoms with E-state index in [1.54, 1.807) is 13.8 Å². The fourth-order valence-electron chi connectivity index (χ4n) is 0.262. The summed E-state index contributed by atoms with van der Waals surface area (Å²) in [4.78, 5) is 10.5. The van der Waals surface area contributed by atoms with Gasteiger partial charge in [-0.3, -0.25) is 0 Å². The van der Waals surface area contributed by atoms with Gasteiger partial charge in [-0.1, -0.05) is 6.58 Å². The van der Waals surface area contributed by atoms with Crippen LogP contribution in [-0.2, 0) is 9.53 Å². The van der Waals surface area contributed by atoms with E-state index in [4.69, 9.17) is 10.2 Å². The number of aliphatic hydroxyl groups is 2. The molecule has 0 aromatic carbocycles. The third-order valence-corrected chi connectivity index (χ3v) is 0.673. The first-order valence-corrected chi connectivity index (χ1v) is 3.64. The fraction of sp³-hybridized carbons (Fsp3) is 0.625. The van der Waals surface area contributed by atoms with E-state index >= 15 is 0 Å². The van der Waals surface area contributed by atoms with Gasteiger partial charge in [0, 0.05) is 12.2 Å². The Morgan fingerprint density at radius 2 is 1.92 bits per heavy atom. The van der Waals surface area contributed by atoms with Crippen molar-refractivity contribution in [2.24, 2.45) is 0 Å². The number of rotatable bonds is 3. The van der Waals surface area contributed by atoms with Gasteiger partial charge in [-0.05, 0) is 13.8 Å². The van der Waals surface area contributed by atoms with E-state index in [-0.39, 0.29) is 19.8 Å². The number of carbonyl (C=O) groups is 1. The summed E-state index contributed by atoms with van der Waals surface area (Å²) in [5.74, 6) is -0.455. The number of ether oxygens (including phenoxy) is 1. The first kappa shape index (κ1) is 13.7. The van der Waals surface area contributed by atoms with Crippen LogP contribution >= 0.6 is 0 Å². The van der Waals surface area contributed by atoms with Crippen LogP contribution < -0.4 is 0 Å². The molecule has 0 saturated carbocycles. The molecule has 4 heteroatoms. The molecule has 0 radical (unpaired) electrons. The molecule has 0 rings (SSSR count). The molecule has 0 aromatic rings. The molecule has 0 fully saturated rings. The molecule has 0 aliphatic rings. The van der Waals surface area contributed by atoms with Crippen molar-refractivity contribution in [1.82, 2.24) is 0 Å². The zero-order valence-electron chi connectivity index (χ0n) is 7.54. The van der Waals surface area contributed by atoms with Crippen LogP contribution in [0, 0.1) is 0 Å². The Morgan fingerprint density at radius 3 is 2.17 bits per heavy atom. The number of hydrogen-bond donors (Lipinski definition) is 2. The smallest absolute Gasteiger partial charge is 0.333 e. The predicted molar refractivity (Wildman–Crippen MR) is 45.6 cm³/mol. The SMILES string of the molecule is C=C(C)C(=O)OCCO.CCO. The Bertz CT molecular complexity index is 131. The van der Waals surface area contributed by atoms with Gasteiger partial charge in [-0.15, -0.1) is 0 Å². The standard InChI is InChI=1S/C6H10O3.C2H6O/c1-5(2)6(8)9-4-3-7;1-2-3/h7H,1,3-4H2,2H3;3H,2H2,1H3. The summed E-state index contributed by atoms with van der Waals surface area (Å²) in [6.45, 7) is 6.75. The second-order valence-corrected chi connectivity index (χ2v) is 1.96. The summed E-state index contributed by atoms with van der Waals surface area (Å²) in [6.07, 6.45) is 0. The number of hydrogen-bond acceptors (Lipinski definition) is 4. The zero-order valence-corrected chi connectivity index (χ0v) is 7.54. The highest BCUT2D eigenvalue weighted by Gasteiger charge is 1.99. The van der Waals surface area contributed by atoms with Gasteiger partial charge in [0.2, 0.25) is 0 Å². The lowest BCUT2D eigenvalue weighted by molar-refractivity contribution is -0.139. The molecule has 0 saturated heterocycles. The van der Waals surface area contributed by atoms with Crippen molar-refractivity contribution in [2.45, 2.75) is 13.8 Å². The van der Waals surface area contributed by atoms with E-state index in [9.17, 15) is 4.79 Å². The van der Waals surface area contributed by atoms with Crippen LogP contribution in [0.2, 0.25) is 0 Å². The first-order chi connectivity index (χ1) is 5.59. The molecule has 0 aromatic heterocycles. The Balaban J connectivity index is 0. The Kier molecular flexibility index (Phi) is 11.6. The number of carbonyl (C=O) groups excluding carboxylic acids is 1. The first-order valence-electron chi connectivity index (χ1n) is 3.64. The molecule has 0 bridgehead atoms. The second kappa shape index (κ2) is 10.1. The van der Waals surface area contributed by atoms with Gasteiger partial charge < -0.3 is 14.9 Å². The maximum Gasteiger partial charge on any atom is 0.333 e. The summed E-state index contributed by atoms with van der Waals surface area (Å²) >= 11 is 0. The van der Waals surface area contributed by atoms with Crippen LogP contribution in [0.4, 0.5) is 0 Å². The summed E-state index contributed by atoms with van der Waals surface area (Å²) in [5.41, 5.74) is 0.350. The maximum atomic E-state index is 10.5. The fourth-order valence-corrected chi connectivity index (χ4v) is 0.262. The summed E-state index contributed by atoms with van der Waals surface area (Å²) in [5, 5.41) is 15.8. The van der Waals surface area contributed by atoms with E-state index in [1.165, 1.54) is 0 Å². The Morgan fingerprint density at radius 1 is 1.50 bits per heavy atom. The molecule has 4 nitrogen and oxygen atoms in total. The highest BCUT2D eigenvalue weighted by atomic mass is 16.5. The maximum absolute atomic E-state index is 10.5. The van der Waals surface area contributed by atoms with Crippen LogP contribution in [0.3, 0.4) is 0 Å². The quantitative estimate of drug-likeness (QED) is 0.472. The van der Waals surface area contributed by atoms with E-state index in [0.29, 0.717) is 5.57 Å². The molecule has 12 heavy (non-hydrogen) atoms. The molecule has 0 aliphatic carbocycles. The van der Waals surface area contributed by atoms with Crippen molar-refractivity contribution in [3.05, 3.63) is 12.2 Å². The average molecular weight is 176 g/mol. The second-order valence-electron chi connectivity index (χ2n) is 1.96. The van der Waals surface area contributed by atoms with Crippen LogP contribution in [0.1, 0.15) is 13.8 Å². The summed E-state index contributed by atoms with van der Waals surface area (Å²) in [7, 11) is 0. The van der Waals surface area contributed by atoms with Gasteiger partial charge >= 0.3 is 5.97 Å². The summed E-state index contributed by atoms with van der Waals surface area (Å²) in [6, 6.07) is 0. The number of esters is 1. The monoisotopic (exact) mass is 176 g/mol. The van der Waals surface area contributed by atoms with Crippen LogP contribution in [0.25, 0.3) is 0 Å². The molecule has 0 spiro atoms. The molecule has 0 amide bonds. The molecule has 0 heterocycles. The normalized spacial score (nSPS) is 8.00. The largest absolute Gasteiger partial charge is 0.460 e. The van der Waals surface area contributed by atoms with Gasteiger partial charge in [0.25, 0.3) is 0 Å². The van der Waals surface area contributed by atoms with Crippen molar-refractivity contribution < 1.29 is 19.7 Å². The minimum Gasteiger partial charge on any atom is -0.460 e. The third kappa shape index (κ3) is 11.9. The van der Waals surface area contributed by atoms with Crippen molar-refractivity contribution >= 4 is 5.97 Å². The topological polar surface area (TPSA) is 66.8 Å². The van der Waals surface area contributed by atoms with Gasteiger partial charge in [-0.25, -0.2) is 4.79 Å². The van der Waals surface area contributed by atoms with Crippen LogP contribution in [0.5, 0.6) is 0 Å². The van der Waals surface area contributed by atoms with Crippen molar-refractivity contribution in [3.63, 3.8) is 0 Å². The lowest BCUT2D eigenvalue weighted by atomic mass is 10.4. The molecule has 0 aliphatic heterocycles. The van der Waals surface area contributed by atoms with Gasteiger partial charge in [0.15, 0.2) is 0 Å². The molecule has 72 valence electrons. The molecule has 0 unspecified atom stereocenters.